The van der Waals surface area contributed by atoms with Crippen molar-refractivity contribution in [2.45, 2.75) is 61.3 Å². The summed E-state index contributed by atoms with van der Waals surface area (Å²) in [5.74, 6) is 0. The molecule has 0 bridgehead atoms. The summed E-state index contributed by atoms with van der Waals surface area (Å²) in [6, 6.07) is 13.2. The number of hydrogen-bond donors (Lipinski definition) is 0. The fourth-order valence-electron chi connectivity index (χ4n) is 4.46. The number of pyridine rings is 2. The molecule has 3 heteroatoms. The first-order valence-electron chi connectivity index (χ1n) is 11.2. The van der Waals surface area contributed by atoms with Gasteiger partial charge in [-0.15, -0.1) is 0 Å². The summed E-state index contributed by atoms with van der Waals surface area (Å²) in [4.78, 5) is 4.87. The fourth-order valence-corrected chi connectivity index (χ4v) is 4.46. The molecule has 3 nitrogen and oxygen atoms in total. The molecule has 3 heterocycles. The second-order valence-corrected chi connectivity index (χ2v) is 11.4. The molecule has 4 rings (SSSR count). The second-order valence-electron chi connectivity index (χ2n) is 11.4. The van der Waals surface area contributed by atoms with Crippen molar-refractivity contribution in [3.63, 3.8) is 0 Å². The highest BCUT2D eigenvalue weighted by atomic mass is 16.3. The van der Waals surface area contributed by atoms with E-state index in [0.717, 1.165) is 51.9 Å². The van der Waals surface area contributed by atoms with Crippen LogP contribution in [0.4, 0.5) is 0 Å². The van der Waals surface area contributed by atoms with Crippen molar-refractivity contribution in [3.8, 4) is 11.3 Å². The Balaban J connectivity index is 1.86. The normalized spacial score (nSPS) is 12.8. The lowest BCUT2D eigenvalue weighted by molar-refractivity contribution is -0.660. The van der Waals surface area contributed by atoms with Crippen LogP contribution in [0, 0.1) is 17.8 Å². The molecule has 31 heavy (non-hydrogen) atoms. The van der Waals surface area contributed by atoms with Crippen LogP contribution in [0.5, 0.6) is 0 Å². The third kappa shape index (κ3) is 4.51. The number of fused-ring (bicyclic) bond motifs is 3. The van der Waals surface area contributed by atoms with E-state index < -0.39 is 0 Å². The van der Waals surface area contributed by atoms with Crippen LogP contribution in [0.2, 0.25) is 0 Å². The first-order chi connectivity index (χ1) is 14.4. The fraction of sp³-hybridized carbons (Fsp3) is 0.429. The molecule has 0 N–H and O–H groups in total. The van der Waals surface area contributed by atoms with E-state index in [2.05, 4.69) is 103 Å². The van der Waals surface area contributed by atoms with Crippen LogP contribution in [0.1, 0.15) is 58.4 Å². The molecule has 0 aliphatic carbocycles. The summed E-state index contributed by atoms with van der Waals surface area (Å²) in [5, 5.41) is 2.21. The first-order valence-corrected chi connectivity index (χ1v) is 11.2. The molecular weight excluding hydrogens is 380 g/mol. The summed E-state index contributed by atoms with van der Waals surface area (Å²) in [6.45, 7) is 15.7. The van der Waals surface area contributed by atoms with Crippen LogP contribution < -0.4 is 4.57 Å². The molecule has 0 fully saturated rings. The highest BCUT2D eigenvalue weighted by Gasteiger charge is 2.23. The Morgan fingerprint density at radius 1 is 0.839 bits per heavy atom. The molecule has 0 radical (unpaired) electrons. The summed E-state index contributed by atoms with van der Waals surface area (Å²) in [7, 11) is 2.13. The van der Waals surface area contributed by atoms with E-state index in [0.29, 0.717) is 0 Å². The maximum atomic E-state index is 6.42. The zero-order chi connectivity index (χ0) is 22.6. The molecule has 162 valence electrons. The maximum Gasteiger partial charge on any atom is 0.227 e. The number of nitrogens with zero attached hydrogens (tertiary/aromatic N) is 2. The van der Waals surface area contributed by atoms with Gasteiger partial charge < -0.3 is 4.42 Å². The van der Waals surface area contributed by atoms with Crippen molar-refractivity contribution in [2.75, 3.05) is 0 Å². The molecule has 0 saturated heterocycles. The Morgan fingerprint density at radius 2 is 1.52 bits per heavy atom. The summed E-state index contributed by atoms with van der Waals surface area (Å²) >= 11 is 0. The van der Waals surface area contributed by atoms with Gasteiger partial charge in [-0.25, -0.2) is 9.55 Å². The first kappa shape index (κ1) is 21.5. The SMILES string of the molecule is Cc1ccc2c(oc3nc(CC(C)(C)C)ccc32)c1-c1ccc(CC(C)(C)C)c[n+]1C. The lowest BCUT2D eigenvalue weighted by atomic mass is 9.88. The van der Waals surface area contributed by atoms with Gasteiger partial charge in [-0.2, -0.15) is 0 Å². The number of rotatable bonds is 3. The lowest BCUT2D eigenvalue weighted by Gasteiger charge is -2.17. The number of furan rings is 1. The predicted molar refractivity (Wildman–Crippen MR) is 129 cm³/mol. The minimum absolute atomic E-state index is 0.191. The van der Waals surface area contributed by atoms with E-state index in [9.17, 15) is 0 Å². The van der Waals surface area contributed by atoms with Gasteiger partial charge in [-0.05, 0) is 54.4 Å². The monoisotopic (exact) mass is 415 g/mol. The number of hydrogen-bond acceptors (Lipinski definition) is 2. The quantitative estimate of drug-likeness (QED) is 0.339. The minimum atomic E-state index is 0.191. The van der Waals surface area contributed by atoms with Gasteiger partial charge in [-0.3, -0.25) is 0 Å². The van der Waals surface area contributed by atoms with Gasteiger partial charge in [0.1, 0.15) is 7.05 Å². The Morgan fingerprint density at radius 3 is 2.16 bits per heavy atom. The zero-order valence-corrected chi connectivity index (χ0v) is 20.3. The molecule has 0 atom stereocenters. The Labute approximate surface area is 186 Å². The van der Waals surface area contributed by atoms with Gasteiger partial charge in [-0.1, -0.05) is 53.7 Å². The van der Waals surface area contributed by atoms with Gasteiger partial charge in [0.2, 0.25) is 11.4 Å². The van der Waals surface area contributed by atoms with Crippen molar-refractivity contribution in [3.05, 3.63) is 59.4 Å². The lowest BCUT2D eigenvalue weighted by Crippen LogP contribution is -2.32. The molecule has 0 spiro atoms. The van der Waals surface area contributed by atoms with Crippen LogP contribution >= 0.6 is 0 Å². The maximum absolute atomic E-state index is 6.42. The number of benzene rings is 1. The van der Waals surface area contributed by atoms with Crippen molar-refractivity contribution in [1.82, 2.24) is 4.98 Å². The average Bonchev–Trinajstić information content (AvgIpc) is 2.97. The van der Waals surface area contributed by atoms with Crippen molar-refractivity contribution < 1.29 is 8.98 Å². The van der Waals surface area contributed by atoms with Gasteiger partial charge in [0.25, 0.3) is 0 Å². The summed E-state index contributed by atoms with van der Waals surface area (Å²) in [5.41, 5.74) is 8.06. The molecule has 0 aliphatic heterocycles. The molecule has 0 aliphatic rings. The third-order valence-electron chi connectivity index (χ3n) is 5.67. The molecule has 1 aromatic carbocycles. The topological polar surface area (TPSA) is 29.9 Å². The minimum Gasteiger partial charge on any atom is -0.437 e. The Kier molecular flexibility index (Phi) is 5.20. The molecule has 0 unspecified atom stereocenters. The molecule has 4 aromatic rings. The third-order valence-corrected chi connectivity index (χ3v) is 5.67. The van der Waals surface area contributed by atoms with Crippen LogP contribution in [0.25, 0.3) is 33.3 Å². The standard InChI is InChI=1S/C28H35N2O/c1-18-9-12-21-22-13-11-20(16-28(5,6)7)29-26(22)31-25(21)24(18)23-14-10-19(17-30(23)8)15-27(2,3)4/h9-14,17H,15-16H2,1-8H3/q+1. The Hall–Kier alpha value is -2.68. The van der Waals surface area contributed by atoms with Gasteiger partial charge in [0, 0.05) is 28.1 Å². The van der Waals surface area contributed by atoms with E-state index in [-0.39, 0.29) is 10.8 Å². The van der Waals surface area contributed by atoms with Crippen molar-refractivity contribution in [2.24, 2.45) is 17.9 Å². The zero-order valence-electron chi connectivity index (χ0n) is 20.3. The van der Waals surface area contributed by atoms with Crippen LogP contribution in [-0.2, 0) is 19.9 Å². The van der Waals surface area contributed by atoms with E-state index in [4.69, 9.17) is 9.40 Å². The molecule has 0 amide bonds. The summed E-state index contributed by atoms with van der Waals surface area (Å²) in [6.07, 6.45) is 4.23. The van der Waals surface area contributed by atoms with Crippen molar-refractivity contribution in [1.29, 1.82) is 0 Å². The van der Waals surface area contributed by atoms with Crippen LogP contribution in [-0.4, -0.2) is 4.98 Å². The predicted octanol–water partition coefficient (Wildman–Crippen LogP) is 6.96. The highest BCUT2D eigenvalue weighted by molar-refractivity contribution is 6.08. The van der Waals surface area contributed by atoms with E-state index in [1.165, 1.54) is 11.1 Å². The smallest absolute Gasteiger partial charge is 0.227 e. The highest BCUT2D eigenvalue weighted by Crippen LogP contribution is 2.37. The van der Waals surface area contributed by atoms with Crippen LogP contribution in [0.15, 0.2) is 47.0 Å². The van der Waals surface area contributed by atoms with Crippen LogP contribution in [0.3, 0.4) is 0 Å². The van der Waals surface area contributed by atoms with Crippen molar-refractivity contribution >= 4 is 22.1 Å². The van der Waals surface area contributed by atoms with Gasteiger partial charge >= 0.3 is 0 Å². The van der Waals surface area contributed by atoms with E-state index >= 15 is 0 Å². The molecule has 3 aromatic heterocycles. The average molecular weight is 416 g/mol. The largest absolute Gasteiger partial charge is 0.437 e. The van der Waals surface area contributed by atoms with E-state index in [1.54, 1.807) is 0 Å². The Bertz CT molecular complexity index is 1270. The van der Waals surface area contributed by atoms with Gasteiger partial charge in [0.15, 0.2) is 11.8 Å². The van der Waals surface area contributed by atoms with E-state index in [1.807, 2.05) is 0 Å². The number of aromatic nitrogens is 2. The second kappa shape index (κ2) is 7.47. The molecular formula is C28H35N2O+. The number of aryl methyl sites for hydroxylation is 2. The molecule has 0 saturated carbocycles. The van der Waals surface area contributed by atoms with Gasteiger partial charge in [0.05, 0.1) is 5.56 Å². The summed E-state index contributed by atoms with van der Waals surface area (Å²) < 4.78 is 8.65.